The molecule has 0 aliphatic heterocycles. The summed E-state index contributed by atoms with van der Waals surface area (Å²) < 4.78 is 3.90. The molecule has 2 aromatic heterocycles. The van der Waals surface area contributed by atoms with Crippen molar-refractivity contribution in [2.75, 3.05) is 0 Å². The number of hydrogen-bond acceptors (Lipinski definition) is 4. The molecule has 3 rings (SSSR count). The molecule has 1 saturated carbocycles. The largest absolute Gasteiger partial charge is 0.310 e. The first kappa shape index (κ1) is 13.3. The highest BCUT2D eigenvalue weighted by Gasteiger charge is 2.20. The summed E-state index contributed by atoms with van der Waals surface area (Å²) in [6.07, 6.45) is 8.26. The molecule has 1 N–H and O–H groups in total. The molecule has 0 aromatic carbocycles. The summed E-state index contributed by atoms with van der Waals surface area (Å²) in [6.45, 7) is 6.84. The van der Waals surface area contributed by atoms with Crippen LogP contribution in [0.2, 0.25) is 0 Å². The lowest BCUT2D eigenvalue weighted by Gasteiger charge is -2.08. The van der Waals surface area contributed by atoms with Gasteiger partial charge in [0.05, 0.1) is 6.20 Å². The van der Waals surface area contributed by atoms with Crippen molar-refractivity contribution >= 4 is 0 Å². The number of rotatable bonds is 7. The first-order valence-electron chi connectivity index (χ1n) is 7.32. The van der Waals surface area contributed by atoms with Crippen molar-refractivity contribution in [1.82, 2.24) is 29.9 Å². The van der Waals surface area contributed by atoms with E-state index in [4.69, 9.17) is 0 Å². The van der Waals surface area contributed by atoms with E-state index in [1.165, 1.54) is 18.4 Å². The van der Waals surface area contributed by atoms with Crippen LogP contribution in [0.3, 0.4) is 0 Å². The Morgan fingerprint density at radius 3 is 2.95 bits per heavy atom. The minimum absolute atomic E-state index is 0.561. The van der Waals surface area contributed by atoms with Gasteiger partial charge >= 0.3 is 0 Å². The average molecular weight is 274 g/mol. The zero-order valence-corrected chi connectivity index (χ0v) is 12.2. The predicted molar refractivity (Wildman–Crippen MR) is 76.1 cm³/mol. The van der Waals surface area contributed by atoms with Gasteiger partial charge in [0.2, 0.25) is 0 Å². The van der Waals surface area contributed by atoms with Crippen molar-refractivity contribution in [3.63, 3.8) is 0 Å². The van der Waals surface area contributed by atoms with Crippen molar-refractivity contribution in [3.8, 4) is 0 Å². The Kier molecular flexibility index (Phi) is 3.82. The van der Waals surface area contributed by atoms with Gasteiger partial charge < -0.3 is 5.32 Å². The molecular weight excluding hydrogens is 252 g/mol. The van der Waals surface area contributed by atoms with E-state index in [0.717, 1.165) is 25.0 Å². The average Bonchev–Trinajstić information content (AvgIpc) is 2.98. The van der Waals surface area contributed by atoms with E-state index in [0.29, 0.717) is 12.5 Å². The Balaban J connectivity index is 1.60. The van der Waals surface area contributed by atoms with Crippen LogP contribution in [0.4, 0.5) is 0 Å². The molecule has 0 unspecified atom stereocenters. The smallest absolute Gasteiger partial charge is 0.148 e. The number of nitrogens with one attached hydrogen (secondary N) is 1. The third kappa shape index (κ3) is 3.45. The van der Waals surface area contributed by atoms with E-state index >= 15 is 0 Å². The van der Waals surface area contributed by atoms with E-state index in [1.54, 1.807) is 6.33 Å². The summed E-state index contributed by atoms with van der Waals surface area (Å²) in [7, 11) is 0. The van der Waals surface area contributed by atoms with E-state index in [9.17, 15) is 0 Å². The lowest BCUT2D eigenvalue weighted by molar-refractivity contribution is 0.456. The van der Waals surface area contributed by atoms with E-state index < -0.39 is 0 Å². The highest BCUT2D eigenvalue weighted by molar-refractivity contribution is 5.05. The fourth-order valence-corrected chi connectivity index (χ4v) is 2.19. The molecule has 0 amide bonds. The second-order valence-electron chi connectivity index (χ2n) is 5.95. The number of aromatic nitrogens is 5. The van der Waals surface area contributed by atoms with Gasteiger partial charge in [0.1, 0.15) is 18.7 Å². The van der Waals surface area contributed by atoms with Gasteiger partial charge in [-0.3, -0.25) is 4.68 Å². The van der Waals surface area contributed by atoms with Gasteiger partial charge in [0.15, 0.2) is 0 Å². The van der Waals surface area contributed by atoms with Gasteiger partial charge in [-0.25, -0.2) is 9.67 Å². The summed E-state index contributed by atoms with van der Waals surface area (Å²) >= 11 is 0. The standard InChI is InChI=1S/C14H22N6/c1-11(2)7-20-14(16-10-18-20)9-19-8-12(6-17-19)5-15-13-3-4-13/h6,8,10-11,13,15H,3-5,7,9H2,1-2H3. The predicted octanol–water partition coefficient (Wildman–Crippen LogP) is 1.43. The summed E-state index contributed by atoms with van der Waals surface area (Å²) in [5.74, 6) is 1.52. The topological polar surface area (TPSA) is 60.6 Å². The molecule has 6 nitrogen and oxygen atoms in total. The highest BCUT2D eigenvalue weighted by Crippen LogP contribution is 2.19. The van der Waals surface area contributed by atoms with Crippen molar-refractivity contribution in [1.29, 1.82) is 0 Å². The Bertz CT molecular complexity index is 552. The second kappa shape index (κ2) is 5.75. The molecule has 108 valence electrons. The van der Waals surface area contributed by atoms with Crippen LogP contribution in [-0.2, 0) is 19.6 Å². The monoisotopic (exact) mass is 274 g/mol. The molecule has 0 bridgehead atoms. The van der Waals surface area contributed by atoms with Crippen LogP contribution in [0.1, 0.15) is 38.1 Å². The van der Waals surface area contributed by atoms with Gasteiger partial charge in [0.25, 0.3) is 0 Å². The molecule has 0 saturated heterocycles. The maximum Gasteiger partial charge on any atom is 0.148 e. The minimum Gasteiger partial charge on any atom is -0.310 e. The van der Waals surface area contributed by atoms with Crippen LogP contribution in [0, 0.1) is 5.92 Å². The first-order chi connectivity index (χ1) is 9.70. The molecule has 0 radical (unpaired) electrons. The maximum atomic E-state index is 4.41. The van der Waals surface area contributed by atoms with Gasteiger partial charge in [-0.15, -0.1) is 0 Å². The summed E-state index contributed by atoms with van der Waals surface area (Å²) in [6, 6.07) is 0.729. The Morgan fingerprint density at radius 1 is 1.35 bits per heavy atom. The SMILES string of the molecule is CC(C)Cn1ncnc1Cn1cc(CNC2CC2)cn1. The molecule has 20 heavy (non-hydrogen) atoms. The fraction of sp³-hybridized carbons (Fsp3) is 0.643. The molecule has 2 aromatic rings. The zero-order chi connectivity index (χ0) is 13.9. The van der Waals surface area contributed by atoms with Gasteiger partial charge in [0, 0.05) is 30.9 Å². The summed E-state index contributed by atoms with van der Waals surface area (Å²) in [4.78, 5) is 4.33. The van der Waals surface area contributed by atoms with Crippen molar-refractivity contribution in [2.24, 2.45) is 5.92 Å². The van der Waals surface area contributed by atoms with E-state index in [1.807, 2.05) is 15.6 Å². The second-order valence-corrected chi connectivity index (χ2v) is 5.95. The lowest BCUT2D eigenvalue weighted by atomic mass is 10.2. The maximum absolute atomic E-state index is 4.41. The molecule has 2 heterocycles. The molecule has 1 aliphatic rings. The quantitative estimate of drug-likeness (QED) is 0.830. The van der Waals surface area contributed by atoms with Crippen molar-refractivity contribution in [2.45, 2.75) is 52.4 Å². The van der Waals surface area contributed by atoms with Crippen LogP contribution in [-0.4, -0.2) is 30.6 Å². The molecule has 0 spiro atoms. The highest BCUT2D eigenvalue weighted by atomic mass is 15.4. The first-order valence-corrected chi connectivity index (χ1v) is 7.32. The van der Waals surface area contributed by atoms with Crippen LogP contribution >= 0.6 is 0 Å². The zero-order valence-electron chi connectivity index (χ0n) is 12.2. The van der Waals surface area contributed by atoms with E-state index in [-0.39, 0.29) is 0 Å². The lowest BCUT2D eigenvalue weighted by Crippen LogP contribution is -2.15. The third-order valence-electron chi connectivity index (χ3n) is 3.40. The molecule has 1 aliphatic carbocycles. The normalized spacial score (nSPS) is 15.2. The van der Waals surface area contributed by atoms with Gasteiger partial charge in [-0.1, -0.05) is 13.8 Å². The minimum atomic E-state index is 0.561. The third-order valence-corrected chi connectivity index (χ3v) is 3.40. The summed E-state index contributed by atoms with van der Waals surface area (Å²) in [5.41, 5.74) is 1.23. The molecule has 0 atom stereocenters. The molecular formula is C14H22N6. The summed E-state index contributed by atoms with van der Waals surface area (Å²) in [5, 5.41) is 12.2. The Morgan fingerprint density at radius 2 is 2.20 bits per heavy atom. The van der Waals surface area contributed by atoms with Crippen molar-refractivity contribution < 1.29 is 0 Å². The van der Waals surface area contributed by atoms with Crippen LogP contribution < -0.4 is 5.32 Å². The Hall–Kier alpha value is -1.69. The van der Waals surface area contributed by atoms with Crippen LogP contribution in [0.5, 0.6) is 0 Å². The van der Waals surface area contributed by atoms with Crippen LogP contribution in [0.25, 0.3) is 0 Å². The van der Waals surface area contributed by atoms with E-state index in [2.05, 4.69) is 40.5 Å². The fourth-order valence-electron chi connectivity index (χ4n) is 2.19. The van der Waals surface area contributed by atoms with Crippen molar-refractivity contribution in [3.05, 3.63) is 30.1 Å². The number of hydrogen-bond donors (Lipinski definition) is 1. The molecule has 1 fully saturated rings. The van der Waals surface area contributed by atoms with Crippen LogP contribution in [0.15, 0.2) is 18.7 Å². The number of nitrogens with zero attached hydrogens (tertiary/aromatic N) is 5. The Labute approximate surface area is 119 Å². The van der Waals surface area contributed by atoms with Gasteiger partial charge in [-0.05, 0) is 18.8 Å². The van der Waals surface area contributed by atoms with Gasteiger partial charge in [-0.2, -0.15) is 10.2 Å². The molecule has 6 heteroatoms.